The number of aliphatic hydroxyl groups excluding tert-OH is 2. The number of amidine groups is 1. The zero-order valence-corrected chi connectivity index (χ0v) is 16.4. The summed E-state index contributed by atoms with van der Waals surface area (Å²) in [6.07, 6.45) is 2.49. The highest BCUT2D eigenvalue weighted by Crippen LogP contribution is 2.66. The maximum atomic E-state index is 10.8. The summed E-state index contributed by atoms with van der Waals surface area (Å²) in [7, 11) is 1.86. The number of fused-ring (bicyclic) bond motifs is 2. The van der Waals surface area contributed by atoms with E-state index in [2.05, 4.69) is 41.1 Å². The van der Waals surface area contributed by atoms with Crippen LogP contribution in [0.3, 0.4) is 0 Å². The third kappa shape index (κ3) is 2.88. The highest BCUT2D eigenvalue weighted by atomic mass is 16.3. The molecule has 2 aliphatic carbocycles. The van der Waals surface area contributed by atoms with Crippen LogP contribution in [-0.2, 0) is 6.42 Å². The van der Waals surface area contributed by atoms with Crippen LogP contribution in [0.25, 0.3) is 10.9 Å². The number of nitrogens with one attached hydrogen (secondary N) is 2. The smallest absolute Gasteiger partial charge is 0.126 e. The molecule has 148 valence electrons. The van der Waals surface area contributed by atoms with Gasteiger partial charge in [0.15, 0.2) is 0 Å². The topological polar surface area (TPSA) is 92.5 Å². The third-order valence-corrected chi connectivity index (χ3v) is 6.65. The molecule has 6 heteroatoms. The zero-order valence-electron chi connectivity index (χ0n) is 16.4. The predicted molar refractivity (Wildman–Crippen MR) is 111 cm³/mol. The zero-order chi connectivity index (χ0) is 20.1. The van der Waals surface area contributed by atoms with Crippen molar-refractivity contribution in [2.75, 3.05) is 12.4 Å². The number of aryl methyl sites for hydroxylation is 1. The molecule has 0 unspecified atom stereocenters. The van der Waals surface area contributed by atoms with Crippen molar-refractivity contribution in [2.45, 2.75) is 44.4 Å². The first-order valence-corrected chi connectivity index (χ1v) is 9.81. The molecule has 4 N–H and O–H groups in total. The van der Waals surface area contributed by atoms with Gasteiger partial charge >= 0.3 is 0 Å². The van der Waals surface area contributed by atoms with Gasteiger partial charge in [0.05, 0.1) is 23.5 Å². The van der Waals surface area contributed by atoms with Gasteiger partial charge in [-0.15, -0.1) is 0 Å². The van der Waals surface area contributed by atoms with Crippen LogP contribution in [0.5, 0.6) is 0 Å². The van der Waals surface area contributed by atoms with E-state index in [1.807, 2.05) is 13.1 Å². The van der Waals surface area contributed by atoms with Crippen LogP contribution < -0.4 is 5.32 Å². The molecule has 4 rings (SSSR count). The Kier molecular flexibility index (Phi) is 4.63. The van der Waals surface area contributed by atoms with Crippen LogP contribution in [0.2, 0.25) is 0 Å². The van der Waals surface area contributed by atoms with E-state index in [0.717, 1.165) is 36.0 Å². The van der Waals surface area contributed by atoms with E-state index in [4.69, 9.17) is 5.41 Å². The summed E-state index contributed by atoms with van der Waals surface area (Å²) in [6, 6.07) is 10.1. The Morgan fingerprint density at radius 2 is 2.14 bits per heavy atom. The molecule has 2 aliphatic rings. The van der Waals surface area contributed by atoms with E-state index < -0.39 is 12.2 Å². The van der Waals surface area contributed by atoms with Gasteiger partial charge in [-0.1, -0.05) is 18.7 Å². The highest BCUT2D eigenvalue weighted by molar-refractivity contribution is 5.81. The second-order valence-corrected chi connectivity index (χ2v) is 8.12. The van der Waals surface area contributed by atoms with E-state index in [0.29, 0.717) is 5.84 Å². The molecule has 0 saturated heterocycles. The van der Waals surface area contributed by atoms with Crippen molar-refractivity contribution >= 4 is 22.6 Å². The molecule has 5 atom stereocenters. The van der Waals surface area contributed by atoms with Gasteiger partial charge < -0.3 is 20.4 Å². The summed E-state index contributed by atoms with van der Waals surface area (Å²) in [5, 5.41) is 33.5. The van der Waals surface area contributed by atoms with Gasteiger partial charge in [0.2, 0.25) is 0 Å². The predicted octanol–water partition coefficient (Wildman–Crippen LogP) is 2.76. The third-order valence-electron chi connectivity index (χ3n) is 6.65. The van der Waals surface area contributed by atoms with Gasteiger partial charge in [-0.25, -0.2) is 4.98 Å². The Morgan fingerprint density at radius 1 is 1.39 bits per heavy atom. The molecular formula is C22H28N4O2. The number of hydrogen-bond acceptors (Lipinski definition) is 5. The largest absolute Gasteiger partial charge is 0.390 e. The fourth-order valence-electron chi connectivity index (χ4n) is 5.03. The van der Waals surface area contributed by atoms with Crippen molar-refractivity contribution in [1.82, 2.24) is 9.88 Å². The SMILES string of the molecule is C=CN(C(C)=N)[C@H]1[C@H](O)[C@H](O)[C@@]2(CCc3ccc4ccc(NC)nc4c3)C[C@H]12. The van der Waals surface area contributed by atoms with E-state index in [-0.39, 0.29) is 17.4 Å². The quantitative estimate of drug-likeness (QED) is 0.457. The van der Waals surface area contributed by atoms with Crippen molar-refractivity contribution in [3.8, 4) is 0 Å². The van der Waals surface area contributed by atoms with Crippen molar-refractivity contribution in [3.05, 3.63) is 48.7 Å². The molecule has 28 heavy (non-hydrogen) atoms. The molecule has 2 saturated carbocycles. The van der Waals surface area contributed by atoms with Gasteiger partial charge in [-0.2, -0.15) is 0 Å². The van der Waals surface area contributed by atoms with E-state index in [1.165, 1.54) is 5.56 Å². The van der Waals surface area contributed by atoms with Crippen molar-refractivity contribution in [3.63, 3.8) is 0 Å². The summed E-state index contributed by atoms with van der Waals surface area (Å²) in [5.74, 6) is 1.37. The Hall–Kier alpha value is -2.44. The molecule has 2 fully saturated rings. The fraction of sp³-hybridized carbons (Fsp3) is 0.455. The molecule has 0 radical (unpaired) electrons. The molecule has 6 nitrogen and oxygen atoms in total. The molecule has 2 aromatic rings. The second kappa shape index (κ2) is 6.87. The molecule has 0 spiro atoms. The Bertz CT molecular complexity index is 930. The van der Waals surface area contributed by atoms with Gasteiger partial charge in [0, 0.05) is 17.8 Å². The van der Waals surface area contributed by atoms with Crippen molar-refractivity contribution in [1.29, 1.82) is 5.41 Å². The van der Waals surface area contributed by atoms with Gasteiger partial charge in [-0.05, 0) is 62.1 Å². The minimum atomic E-state index is -0.853. The molecular weight excluding hydrogens is 352 g/mol. The van der Waals surface area contributed by atoms with E-state index in [1.54, 1.807) is 18.0 Å². The summed E-state index contributed by atoms with van der Waals surface area (Å²) >= 11 is 0. The van der Waals surface area contributed by atoms with Crippen LogP contribution >= 0.6 is 0 Å². The minimum absolute atomic E-state index is 0.185. The molecule has 0 bridgehead atoms. The minimum Gasteiger partial charge on any atom is -0.390 e. The fourth-order valence-corrected chi connectivity index (χ4v) is 5.03. The number of hydrogen-bond donors (Lipinski definition) is 4. The average Bonchev–Trinajstić information content (AvgIpc) is 3.38. The lowest BCUT2D eigenvalue weighted by atomic mass is 9.91. The van der Waals surface area contributed by atoms with E-state index >= 15 is 0 Å². The molecule has 1 heterocycles. The van der Waals surface area contributed by atoms with Crippen LogP contribution in [-0.4, -0.2) is 51.2 Å². The van der Waals surface area contributed by atoms with Crippen molar-refractivity contribution in [2.24, 2.45) is 11.3 Å². The van der Waals surface area contributed by atoms with Crippen LogP contribution in [0.15, 0.2) is 43.1 Å². The summed E-state index contributed by atoms with van der Waals surface area (Å²) in [4.78, 5) is 6.31. The monoisotopic (exact) mass is 380 g/mol. The highest BCUT2D eigenvalue weighted by Gasteiger charge is 2.71. The van der Waals surface area contributed by atoms with Gasteiger partial charge in [0.1, 0.15) is 11.9 Å². The number of benzene rings is 1. The van der Waals surface area contributed by atoms with Crippen LogP contribution in [0, 0.1) is 16.7 Å². The number of aliphatic hydroxyl groups is 2. The summed E-state index contributed by atoms with van der Waals surface area (Å²) in [5.41, 5.74) is 1.87. The Labute approximate surface area is 165 Å². The number of rotatable bonds is 6. The maximum Gasteiger partial charge on any atom is 0.126 e. The first-order valence-electron chi connectivity index (χ1n) is 9.81. The number of anilines is 1. The summed E-state index contributed by atoms with van der Waals surface area (Å²) < 4.78 is 0. The van der Waals surface area contributed by atoms with Crippen molar-refractivity contribution < 1.29 is 10.2 Å². The number of pyridine rings is 1. The maximum absolute atomic E-state index is 10.8. The number of aromatic nitrogens is 1. The number of nitrogens with zero attached hydrogens (tertiary/aromatic N) is 2. The summed E-state index contributed by atoms with van der Waals surface area (Å²) in [6.45, 7) is 5.46. The Balaban J connectivity index is 1.52. The van der Waals surface area contributed by atoms with Crippen LogP contribution in [0.1, 0.15) is 25.3 Å². The van der Waals surface area contributed by atoms with Gasteiger partial charge in [-0.3, -0.25) is 5.41 Å². The molecule has 0 aliphatic heterocycles. The van der Waals surface area contributed by atoms with E-state index in [9.17, 15) is 10.2 Å². The lowest BCUT2D eigenvalue weighted by Crippen LogP contribution is -2.45. The lowest BCUT2D eigenvalue weighted by Gasteiger charge is -2.31. The average molecular weight is 380 g/mol. The first-order chi connectivity index (χ1) is 13.4. The standard InChI is InChI=1S/C22H28N4O2/c1-4-26(13(2)23)19-16-12-22(16,21(28)20(19)27)10-9-14-5-6-15-7-8-18(24-3)25-17(15)11-14/h4-8,11,16,19-21,23,27-28H,1,9-10,12H2,2-3H3,(H,24,25)/t16-,19-,20+,21+,22+/m1/s1. The van der Waals surface area contributed by atoms with Gasteiger partial charge in [0.25, 0.3) is 0 Å². The normalized spacial score (nSPS) is 30.7. The molecule has 0 amide bonds. The second-order valence-electron chi connectivity index (χ2n) is 8.12. The lowest BCUT2D eigenvalue weighted by molar-refractivity contribution is -0.0218. The molecule has 1 aromatic heterocycles. The first kappa shape index (κ1) is 18.9. The Morgan fingerprint density at radius 3 is 2.82 bits per heavy atom. The van der Waals surface area contributed by atoms with Crippen LogP contribution in [0.4, 0.5) is 5.82 Å². The molecule has 1 aromatic carbocycles.